The molecule has 0 N–H and O–H groups in total. The van der Waals surface area contributed by atoms with Gasteiger partial charge in [0.05, 0.1) is 0 Å². The van der Waals surface area contributed by atoms with Crippen LogP contribution >= 0.6 is 0 Å². The van der Waals surface area contributed by atoms with Crippen molar-refractivity contribution in [3.8, 4) is 0 Å². The van der Waals surface area contributed by atoms with Crippen molar-refractivity contribution in [3.05, 3.63) is 0 Å². The maximum Gasteiger partial charge on any atom is 0.136 e. The zero-order valence-electron chi connectivity index (χ0n) is 15.0. The van der Waals surface area contributed by atoms with Crippen molar-refractivity contribution < 1.29 is 9.59 Å². The van der Waals surface area contributed by atoms with Crippen LogP contribution in [-0.2, 0) is 9.59 Å². The molecule has 0 saturated heterocycles. The monoisotopic (exact) mass is 316 g/mol. The third-order valence-corrected chi connectivity index (χ3v) is 8.55. The van der Waals surface area contributed by atoms with Gasteiger partial charge in [-0.2, -0.15) is 0 Å². The van der Waals surface area contributed by atoms with Gasteiger partial charge >= 0.3 is 0 Å². The summed E-state index contributed by atoms with van der Waals surface area (Å²) in [7, 11) is 0. The highest BCUT2D eigenvalue weighted by Gasteiger charge is 2.59. The number of hydrogen-bond acceptors (Lipinski definition) is 2. The van der Waals surface area contributed by atoms with Crippen LogP contribution in [-0.4, -0.2) is 11.6 Å². The molecule has 0 aromatic carbocycles. The molecule has 4 aliphatic carbocycles. The van der Waals surface area contributed by atoms with Crippen molar-refractivity contribution in [3.63, 3.8) is 0 Å². The van der Waals surface area contributed by atoms with Crippen molar-refractivity contribution >= 4 is 11.6 Å². The van der Waals surface area contributed by atoms with Crippen molar-refractivity contribution in [2.24, 2.45) is 46.8 Å². The summed E-state index contributed by atoms with van der Waals surface area (Å²) in [6.07, 6.45) is 9.30. The van der Waals surface area contributed by atoms with Gasteiger partial charge in [-0.25, -0.2) is 0 Å². The number of hydrogen-bond donors (Lipinski definition) is 0. The lowest BCUT2D eigenvalue weighted by molar-refractivity contribution is -0.143. The first-order valence-electron chi connectivity index (χ1n) is 9.95. The molecule has 0 aliphatic heterocycles. The summed E-state index contributed by atoms with van der Waals surface area (Å²) in [6.45, 7) is 6.48. The highest BCUT2D eigenvalue weighted by atomic mass is 16.1. The lowest BCUT2D eigenvalue weighted by atomic mass is 9.49. The molecule has 4 aliphatic rings. The lowest BCUT2D eigenvalue weighted by Crippen LogP contribution is -2.51. The van der Waals surface area contributed by atoms with Gasteiger partial charge in [-0.1, -0.05) is 20.3 Å². The fourth-order valence-corrected chi connectivity index (χ4v) is 7.48. The summed E-state index contributed by atoms with van der Waals surface area (Å²) >= 11 is 0. The van der Waals surface area contributed by atoms with Gasteiger partial charge in [-0.3, -0.25) is 9.59 Å². The first kappa shape index (κ1) is 15.8. The van der Waals surface area contributed by atoms with Gasteiger partial charge in [0.1, 0.15) is 11.6 Å². The number of rotatable bonds is 1. The minimum Gasteiger partial charge on any atom is -0.300 e. The standard InChI is InChI=1S/C21H32O2/c1-12-4-5-14-15-8-9-21(3)18(13(2)22)6-7-19(21)16(15)11-20(23)17(14)10-12/h12,14-19H,4-11H2,1-3H3. The van der Waals surface area contributed by atoms with Crippen LogP contribution in [0.5, 0.6) is 0 Å². The Labute approximate surface area is 140 Å². The predicted molar refractivity (Wildman–Crippen MR) is 90.8 cm³/mol. The Morgan fingerprint density at radius 1 is 1.04 bits per heavy atom. The van der Waals surface area contributed by atoms with E-state index >= 15 is 0 Å². The van der Waals surface area contributed by atoms with Crippen LogP contribution in [0.4, 0.5) is 0 Å². The molecule has 0 heterocycles. The zero-order chi connectivity index (χ0) is 16.4. The van der Waals surface area contributed by atoms with Crippen molar-refractivity contribution in [2.45, 2.75) is 72.1 Å². The fourth-order valence-electron chi connectivity index (χ4n) is 7.48. The Kier molecular flexibility index (Phi) is 3.74. The molecule has 0 bridgehead atoms. The average Bonchev–Trinajstić information content (AvgIpc) is 2.85. The second kappa shape index (κ2) is 5.43. The molecule has 2 heteroatoms. The second-order valence-electron chi connectivity index (χ2n) is 9.58. The highest BCUT2D eigenvalue weighted by molar-refractivity contribution is 5.83. The summed E-state index contributed by atoms with van der Waals surface area (Å²) < 4.78 is 0. The van der Waals surface area contributed by atoms with Gasteiger partial charge in [0.25, 0.3) is 0 Å². The topological polar surface area (TPSA) is 34.1 Å². The highest BCUT2D eigenvalue weighted by Crippen LogP contribution is 2.63. The molecule has 4 saturated carbocycles. The molecule has 128 valence electrons. The van der Waals surface area contributed by atoms with E-state index in [9.17, 15) is 9.59 Å². The summed E-state index contributed by atoms with van der Waals surface area (Å²) in [4.78, 5) is 25.0. The molecular weight excluding hydrogens is 284 g/mol. The van der Waals surface area contributed by atoms with E-state index in [1.54, 1.807) is 6.92 Å². The second-order valence-corrected chi connectivity index (χ2v) is 9.58. The number of carbonyl (C=O) groups excluding carboxylic acids is 2. The van der Waals surface area contributed by atoms with Gasteiger partial charge in [-0.05, 0) is 80.5 Å². The molecule has 0 aromatic rings. The fraction of sp³-hybridized carbons (Fsp3) is 0.905. The maximum atomic E-state index is 12.9. The Bertz CT molecular complexity index is 524. The SMILES string of the molecule is CC(=O)C1CCC2C3CC(=O)C4CC(C)CCC4C3CCC12C. The minimum atomic E-state index is 0.183. The number of ketones is 2. The first-order chi connectivity index (χ1) is 10.9. The molecule has 23 heavy (non-hydrogen) atoms. The Morgan fingerprint density at radius 3 is 2.57 bits per heavy atom. The predicted octanol–water partition coefficient (Wildman–Crippen LogP) is 4.66. The van der Waals surface area contributed by atoms with Crippen LogP contribution in [0, 0.1) is 46.8 Å². The van der Waals surface area contributed by atoms with Crippen molar-refractivity contribution in [1.29, 1.82) is 0 Å². The van der Waals surface area contributed by atoms with Crippen LogP contribution < -0.4 is 0 Å². The summed E-state index contributed by atoms with van der Waals surface area (Å²) in [6, 6.07) is 0. The van der Waals surface area contributed by atoms with E-state index in [2.05, 4.69) is 13.8 Å². The molecule has 4 fully saturated rings. The van der Waals surface area contributed by atoms with Crippen LogP contribution in [0.1, 0.15) is 72.1 Å². The minimum absolute atomic E-state index is 0.183. The van der Waals surface area contributed by atoms with E-state index < -0.39 is 0 Å². The molecule has 0 radical (unpaired) electrons. The van der Waals surface area contributed by atoms with E-state index in [0.717, 1.165) is 31.1 Å². The molecule has 0 aromatic heterocycles. The summed E-state index contributed by atoms with van der Waals surface area (Å²) in [5.74, 6) is 4.96. The normalized spacial score (nSPS) is 52.5. The Hall–Kier alpha value is -0.660. The maximum absolute atomic E-state index is 12.9. The largest absolute Gasteiger partial charge is 0.300 e. The van der Waals surface area contributed by atoms with Crippen molar-refractivity contribution in [2.75, 3.05) is 0 Å². The number of carbonyl (C=O) groups is 2. The van der Waals surface area contributed by atoms with Gasteiger partial charge in [0.2, 0.25) is 0 Å². The third kappa shape index (κ3) is 2.27. The first-order valence-corrected chi connectivity index (χ1v) is 9.95. The molecule has 8 unspecified atom stereocenters. The molecule has 2 nitrogen and oxygen atoms in total. The molecule has 0 amide bonds. The number of Topliss-reactive ketones (excluding diaryl/α,β-unsaturated/α-hetero) is 2. The lowest BCUT2D eigenvalue weighted by Gasteiger charge is -2.55. The van der Waals surface area contributed by atoms with Gasteiger partial charge < -0.3 is 0 Å². The number of fused-ring (bicyclic) bond motifs is 5. The summed E-state index contributed by atoms with van der Waals surface area (Å²) in [5.41, 5.74) is 0.183. The zero-order valence-corrected chi connectivity index (χ0v) is 15.0. The quantitative estimate of drug-likeness (QED) is 0.705. The van der Waals surface area contributed by atoms with Crippen LogP contribution in [0.25, 0.3) is 0 Å². The van der Waals surface area contributed by atoms with Gasteiger partial charge in [0.15, 0.2) is 0 Å². The van der Waals surface area contributed by atoms with Crippen LogP contribution in [0.3, 0.4) is 0 Å². The molecular formula is C21H32O2. The van der Waals surface area contributed by atoms with E-state index in [0.29, 0.717) is 35.2 Å². The van der Waals surface area contributed by atoms with E-state index in [4.69, 9.17) is 0 Å². The molecule has 0 spiro atoms. The Morgan fingerprint density at radius 2 is 1.83 bits per heavy atom. The average molecular weight is 316 g/mol. The van der Waals surface area contributed by atoms with Gasteiger partial charge in [0, 0.05) is 18.3 Å². The summed E-state index contributed by atoms with van der Waals surface area (Å²) in [5, 5.41) is 0. The smallest absolute Gasteiger partial charge is 0.136 e. The van der Waals surface area contributed by atoms with Crippen LogP contribution in [0.15, 0.2) is 0 Å². The molecule has 4 rings (SSSR count). The van der Waals surface area contributed by atoms with Gasteiger partial charge in [-0.15, -0.1) is 0 Å². The van der Waals surface area contributed by atoms with Crippen molar-refractivity contribution in [1.82, 2.24) is 0 Å². The third-order valence-electron chi connectivity index (χ3n) is 8.55. The van der Waals surface area contributed by atoms with Crippen LogP contribution in [0.2, 0.25) is 0 Å². The van der Waals surface area contributed by atoms with E-state index in [1.807, 2.05) is 0 Å². The Balaban J connectivity index is 1.61. The van der Waals surface area contributed by atoms with E-state index in [1.165, 1.54) is 32.1 Å². The van der Waals surface area contributed by atoms with E-state index in [-0.39, 0.29) is 11.3 Å². The molecule has 8 atom stereocenters.